The first-order valence-electron chi connectivity index (χ1n) is 5.89. The van der Waals surface area contributed by atoms with Gasteiger partial charge in [-0.25, -0.2) is 0 Å². The lowest BCUT2D eigenvalue weighted by Crippen LogP contribution is -2.38. The molecule has 5 nitrogen and oxygen atoms in total. The van der Waals surface area contributed by atoms with E-state index in [1.165, 1.54) is 11.3 Å². The molecule has 0 saturated carbocycles. The Hall–Kier alpha value is -1.11. The molecule has 7 heteroatoms. The summed E-state index contributed by atoms with van der Waals surface area (Å²) in [7, 11) is 1.85. The third-order valence-corrected chi connectivity index (χ3v) is 3.35. The minimum Gasteiger partial charge on any atom is -0.354 e. The molecule has 1 unspecified atom stereocenters. The van der Waals surface area contributed by atoms with Crippen LogP contribution < -0.4 is 16.0 Å². The summed E-state index contributed by atoms with van der Waals surface area (Å²) in [6, 6.07) is 3.83. The van der Waals surface area contributed by atoms with Crippen LogP contribution in [0.4, 0.5) is 0 Å². The van der Waals surface area contributed by atoms with Crippen molar-refractivity contribution in [3.05, 3.63) is 22.4 Å². The van der Waals surface area contributed by atoms with Gasteiger partial charge in [0, 0.05) is 25.6 Å². The van der Waals surface area contributed by atoms with Gasteiger partial charge in [-0.15, -0.1) is 23.7 Å². The van der Waals surface area contributed by atoms with Crippen molar-refractivity contribution in [2.24, 2.45) is 0 Å². The molecule has 0 saturated heterocycles. The Bertz CT molecular complexity index is 384. The Morgan fingerprint density at radius 2 is 2.11 bits per heavy atom. The highest BCUT2D eigenvalue weighted by molar-refractivity contribution is 7.12. The average Bonchev–Trinajstić information content (AvgIpc) is 2.89. The number of nitrogens with one attached hydrogen (secondary N) is 3. The third-order valence-electron chi connectivity index (χ3n) is 2.48. The maximum atomic E-state index is 11.6. The summed E-state index contributed by atoms with van der Waals surface area (Å²) in [6.07, 6.45) is 0.299. The summed E-state index contributed by atoms with van der Waals surface area (Å²) in [6.45, 7) is 2.93. The van der Waals surface area contributed by atoms with Crippen molar-refractivity contribution in [3.63, 3.8) is 0 Å². The summed E-state index contributed by atoms with van der Waals surface area (Å²) >= 11 is 1.39. The van der Waals surface area contributed by atoms with E-state index in [9.17, 15) is 9.59 Å². The first-order chi connectivity index (χ1) is 8.63. The van der Waals surface area contributed by atoms with E-state index in [4.69, 9.17) is 0 Å². The molecule has 0 radical (unpaired) electrons. The fraction of sp³-hybridized carbons (Fsp3) is 0.500. The topological polar surface area (TPSA) is 70.2 Å². The number of rotatable bonds is 7. The molecule has 1 aromatic heterocycles. The van der Waals surface area contributed by atoms with Gasteiger partial charge in [0.1, 0.15) is 0 Å². The summed E-state index contributed by atoms with van der Waals surface area (Å²) in [4.78, 5) is 23.7. The smallest absolute Gasteiger partial charge is 0.261 e. The Labute approximate surface area is 123 Å². The Kier molecular flexibility index (Phi) is 9.20. The first kappa shape index (κ1) is 17.9. The lowest BCUT2D eigenvalue weighted by atomic mass is 10.3. The molecule has 1 atom stereocenters. The number of thiophene rings is 1. The molecule has 0 spiro atoms. The maximum absolute atomic E-state index is 11.6. The highest BCUT2D eigenvalue weighted by Crippen LogP contribution is 2.07. The van der Waals surface area contributed by atoms with Gasteiger partial charge in [0.25, 0.3) is 5.91 Å². The van der Waals surface area contributed by atoms with Crippen molar-refractivity contribution >= 4 is 35.6 Å². The van der Waals surface area contributed by atoms with E-state index in [1.54, 1.807) is 6.07 Å². The van der Waals surface area contributed by atoms with Crippen LogP contribution in [0.1, 0.15) is 23.0 Å². The van der Waals surface area contributed by atoms with Crippen LogP contribution in [-0.4, -0.2) is 38.0 Å². The summed E-state index contributed by atoms with van der Waals surface area (Å²) in [5.74, 6) is -0.176. The van der Waals surface area contributed by atoms with Crippen LogP contribution in [-0.2, 0) is 4.79 Å². The molecular weight excluding hydrogens is 286 g/mol. The first-order valence-corrected chi connectivity index (χ1v) is 6.77. The zero-order chi connectivity index (χ0) is 13.4. The lowest BCUT2D eigenvalue weighted by molar-refractivity contribution is -0.121. The molecule has 0 fully saturated rings. The number of hydrogen-bond donors (Lipinski definition) is 3. The number of carbonyl (C=O) groups excluding carboxylic acids is 2. The number of hydrogen-bond acceptors (Lipinski definition) is 4. The van der Waals surface area contributed by atoms with E-state index in [0.29, 0.717) is 24.4 Å². The second-order valence-corrected chi connectivity index (χ2v) is 4.92. The fourth-order valence-electron chi connectivity index (χ4n) is 1.24. The summed E-state index contributed by atoms with van der Waals surface area (Å²) in [5, 5.41) is 10.4. The van der Waals surface area contributed by atoms with Gasteiger partial charge in [-0.3, -0.25) is 9.59 Å². The van der Waals surface area contributed by atoms with Gasteiger partial charge in [-0.2, -0.15) is 0 Å². The van der Waals surface area contributed by atoms with Crippen molar-refractivity contribution in [2.45, 2.75) is 19.4 Å². The van der Waals surface area contributed by atoms with Crippen LogP contribution >= 0.6 is 23.7 Å². The van der Waals surface area contributed by atoms with Gasteiger partial charge in [0.05, 0.1) is 4.88 Å². The monoisotopic (exact) mass is 305 g/mol. The normalized spacial score (nSPS) is 11.3. The SMILES string of the molecule is CNC(C)CNC(=O)CCNC(=O)c1cccs1.Cl. The third kappa shape index (κ3) is 7.15. The van der Waals surface area contributed by atoms with Crippen molar-refractivity contribution in [3.8, 4) is 0 Å². The van der Waals surface area contributed by atoms with Crippen molar-refractivity contribution in [1.82, 2.24) is 16.0 Å². The van der Waals surface area contributed by atoms with Crippen molar-refractivity contribution < 1.29 is 9.59 Å². The zero-order valence-corrected chi connectivity index (χ0v) is 12.7. The molecule has 1 rings (SSSR count). The molecule has 1 aromatic rings. The minimum atomic E-state index is -0.124. The van der Waals surface area contributed by atoms with Gasteiger partial charge in [-0.05, 0) is 25.4 Å². The van der Waals surface area contributed by atoms with Crippen LogP contribution in [0.25, 0.3) is 0 Å². The quantitative estimate of drug-likeness (QED) is 0.704. The second kappa shape index (κ2) is 9.77. The molecule has 0 aliphatic heterocycles. The van der Waals surface area contributed by atoms with E-state index < -0.39 is 0 Å². The van der Waals surface area contributed by atoms with Crippen LogP contribution in [0.2, 0.25) is 0 Å². The van der Waals surface area contributed by atoms with Crippen LogP contribution in [0.3, 0.4) is 0 Å². The highest BCUT2D eigenvalue weighted by atomic mass is 35.5. The van der Waals surface area contributed by atoms with Crippen molar-refractivity contribution in [1.29, 1.82) is 0 Å². The Balaban J connectivity index is 0.00000324. The van der Waals surface area contributed by atoms with Crippen LogP contribution in [0, 0.1) is 0 Å². The van der Waals surface area contributed by atoms with E-state index in [0.717, 1.165) is 0 Å². The molecule has 2 amide bonds. The van der Waals surface area contributed by atoms with E-state index in [2.05, 4.69) is 16.0 Å². The minimum absolute atomic E-state index is 0. The molecule has 0 aromatic carbocycles. The Morgan fingerprint density at radius 1 is 1.37 bits per heavy atom. The predicted octanol–water partition coefficient (Wildman–Crippen LogP) is 1.01. The van der Waals surface area contributed by atoms with Gasteiger partial charge in [-0.1, -0.05) is 6.07 Å². The molecule has 1 heterocycles. The van der Waals surface area contributed by atoms with E-state index >= 15 is 0 Å². The zero-order valence-electron chi connectivity index (χ0n) is 11.1. The maximum Gasteiger partial charge on any atom is 0.261 e. The number of carbonyl (C=O) groups is 2. The molecule has 19 heavy (non-hydrogen) atoms. The largest absolute Gasteiger partial charge is 0.354 e. The second-order valence-electron chi connectivity index (χ2n) is 3.98. The van der Waals surface area contributed by atoms with Crippen molar-refractivity contribution in [2.75, 3.05) is 20.1 Å². The summed E-state index contributed by atoms with van der Waals surface area (Å²) < 4.78 is 0. The van der Waals surface area contributed by atoms with Gasteiger partial charge >= 0.3 is 0 Å². The standard InChI is InChI=1S/C12H19N3O2S.ClH/c1-9(13-2)8-15-11(16)5-6-14-12(17)10-4-3-7-18-10;/h3-4,7,9,13H,5-6,8H2,1-2H3,(H,14,17)(H,15,16);1H. The fourth-order valence-corrected chi connectivity index (χ4v) is 1.88. The lowest BCUT2D eigenvalue weighted by Gasteiger charge is -2.11. The van der Waals surface area contributed by atoms with Crippen LogP contribution in [0.5, 0.6) is 0 Å². The molecule has 0 aliphatic carbocycles. The molecule has 108 valence electrons. The van der Waals surface area contributed by atoms with E-state index in [-0.39, 0.29) is 30.3 Å². The molecular formula is C12H20ClN3O2S. The molecule has 0 aliphatic rings. The molecule has 3 N–H and O–H groups in total. The highest BCUT2D eigenvalue weighted by Gasteiger charge is 2.07. The van der Waals surface area contributed by atoms with Gasteiger partial charge in [0.15, 0.2) is 0 Å². The Morgan fingerprint density at radius 3 is 2.68 bits per heavy atom. The van der Waals surface area contributed by atoms with Gasteiger partial charge in [0.2, 0.25) is 5.91 Å². The summed E-state index contributed by atoms with van der Waals surface area (Å²) in [5.41, 5.74) is 0. The number of halogens is 1. The number of likely N-dealkylation sites (N-methyl/N-ethyl adjacent to an activating group) is 1. The number of amides is 2. The van der Waals surface area contributed by atoms with Gasteiger partial charge < -0.3 is 16.0 Å². The van der Waals surface area contributed by atoms with E-state index in [1.807, 2.05) is 25.4 Å². The molecule has 0 bridgehead atoms. The average molecular weight is 306 g/mol. The predicted molar refractivity (Wildman–Crippen MR) is 80.0 cm³/mol. The van der Waals surface area contributed by atoms with Crippen LogP contribution in [0.15, 0.2) is 17.5 Å².